The molecule has 2 aromatic rings. The van der Waals surface area contributed by atoms with Crippen LogP contribution in [0.3, 0.4) is 0 Å². The SMILES string of the molecule is Nc1nc2c(c(-c3ccccc3Br)n1)CCCCN2. The quantitative estimate of drug-likeness (QED) is 0.847. The molecule has 1 aromatic carbocycles. The normalized spacial score (nSPS) is 14.4. The van der Waals surface area contributed by atoms with Crippen molar-refractivity contribution in [3.05, 3.63) is 34.3 Å². The van der Waals surface area contributed by atoms with Gasteiger partial charge >= 0.3 is 0 Å². The smallest absolute Gasteiger partial charge is 0.222 e. The highest BCUT2D eigenvalue weighted by Crippen LogP contribution is 2.34. The van der Waals surface area contributed by atoms with E-state index in [-0.39, 0.29) is 0 Å². The molecule has 98 valence electrons. The molecule has 0 radical (unpaired) electrons. The number of nitrogens with one attached hydrogen (secondary N) is 1. The summed E-state index contributed by atoms with van der Waals surface area (Å²) in [5.74, 6) is 1.20. The second-order valence-corrected chi connectivity index (χ2v) is 5.48. The predicted octanol–water partition coefficient (Wildman–Crippen LogP) is 3.24. The zero-order valence-corrected chi connectivity index (χ0v) is 12.1. The van der Waals surface area contributed by atoms with Gasteiger partial charge in [0, 0.05) is 22.1 Å². The number of nitrogens with two attached hydrogens (primary N) is 1. The summed E-state index contributed by atoms with van der Waals surface area (Å²) >= 11 is 3.58. The standard InChI is InChI=1S/C14H15BrN4/c15-11-7-2-1-5-9(11)12-10-6-3-4-8-17-13(10)19-14(16)18-12/h1-2,5,7H,3-4,6,8H2,(H3,16,17,18,19). The Labute approximate surface area is 120 Å². The highest BCUT2D eigenvalue weighted by atomic mass is 79.9. The van der Waals surface area contributed by atoms with Crippen LogP contribution >= 0.6 is 15.9 Å². The summed E-state index contributed by atoms with van der Waals surface area (Å²) in [5.41, 5.74) is 9.01. The van der Waals surface area contributed by atoms with Crippen molar-refractivity contribution < 1.29 is 0 Å². The fourth-order valence-electron chi connectivity index (χ4n) is 2.39. The zero-order valence-electron chi connectivity index (χ0n) is 10.5. The summed E-state index contributed by atoms with van der Waals surface area (Å²) in [5, 5.41) is 3.35. The van der Waals surface area contributed by atoms with Gasteiger partial charge in [0.1, 0.15) is 5.82 Å². The van der Waals surface area contributed by atoms with Crippen molar-refractivity contribution >= 4 is 27.7 Å². The van der Waals surface area contributed by atoms with E-state index in [1.54, 1.807) is 0 Å². The third-order valence-electron chi connectivity index (χ3n) is 3.30. The average molecular weight is 319 g/mol. The van der Waals surface area contributed by atoms with Gasteiger partial charge in [0.2, 0.25) is 5.95 Å². The highest BCUT2D eigenvalue weighted by molar-refractivity contribution is 9.10. The summed E-state index contributed by atoms with van der Waals surface area (Å²) in [4.78, 5) is 8.79. The van der Waals surface area contributed by atoms with E-state index in [4.69, 9.17) is 5.73 Å². The maximum atomic E-state index is 5.84. The third kappa shape index (κ3) is 2.42. The van der Waals surface area contributed by atoms with Crippen LogP contribution in [0.15, 0.2) is 28.7 Å². The lowest BCUT2D eigenvalue weighted by molar-refractivity contribution is 0.785. The molecule has 3 N–H and O–H groups in total. The van der Waals surface area contributed by atoms with Gasteiger partial charge in [0.05, 0.1) is 5.69 Å². The number of nitrogens with zero attached hydrogens (tertiary/aromatic N) is 2. The van der Waals surface area contributed by atoms with E-state index in [0.29, 0.717) is 5.95 Å². The Morgan fingerprint density at radius 1 is 1.16 bits per heavy atom. The van der Waals surface area contributed by atoms with E-state index in [2.05, 4.69) is 37.3 Å². The second kappa shape index (κ2) is 5.17. The van der Waals surface area contributed by atoms with Crippen LogP contribution in [0.5, 0.6) is 0 Å². The van der Waals surface area contributed by atoms with Crippen molar-refractivity contribution in [1.29, 1.82) is 0 Å². The van der Waals surface area contributed by atoms with Crippen LogP contribution in [-0.4, -0.2) is 16.5 Å². The number of hydrogen-bond acceptors (Lipinski definition) is 4. The Hall–Kier alpha value is -1.62. The van der Waals surface area contributed by atoms with E-state index >= 15 is 0 Å². The topological polar surface area (TPSA) is 63.8 Å². The van der Waals surface area contributed by atoms with E-state index in [0.717, 1.165) is 47.4 Å². The summed E-state index contributed by atoms with van der Waals surface area (Å²) < 4.78 is 1.03. The molecule has 1 aromatic heterocycles. The molecule has 0 saturated carbocycles. The molecule has 0 aliphatic carbocycles. The van der Waals surface area contributed by atoms with Gasteiger partial charge in [-0.25, -0.2) is 4.98 Å². The summed E-state index contributed by atoms with van der Waals surface area (Å²) in [6, 6.07) is 8.07. The van der Waals surface area contributed by atoms with E-state index in [1.807, 2.05) is 18.2 Å². The van der Waals surface area contributed by atoms with Crippen LogP contribution in [0.4, 0.5) is 11.8 Å². The fourth-order valence-corrected chi connectivity index (χ4v) is 2.87. The van der Waals surface area contributed by atoms with Crippen molar-refractivity contribution in [3.63, 3.8) is 0 Å². The largest absolute Gasteiger partial charge is 0.370 e. The number of rotatable bonds is 1. The van der Waals surface area contributed by atoms with E-state index < -0.39 is 0 Å². The maximum absolute atomic E-state index is 5.84. The molecule has 0 spiro atoms. The van der Waals surface area contributed by atoms with Crippen molar-refractivity contribution in [2.75, 3.05) is 17.6 Å². The number of aromatic nitrogens is 2. The minimum absolute atomic E-state index is 0.318. The maximum Gasteiger partial charge on any atom is 0.222 e. The monoisotopic (exact) mass is 318 g/mol. The summed E-state index contributed by atoms with van der Waals surface area (Å²) in [7, 11) is 0. The number of hydrogen-bond donors (Lipinski definition) is 2. The first-order valence-electron chi connectivity index (χ1n) is 6.41. The Bertz CT molecular complexity index is 612. The fraction of sp³-hybridized carbons (Fsp3) is 0.286. The van der Waals surface area contributed by atoms with Crippen molar-refractivity contribution in [1.82, 2.24) is 9.97 Å². The molecule has 3 rings (SSSR count). The molecule has 19 heavy (non-hydrogen) atoms. The molecular weight excluding hydrogens is 304 g/mol. The first-order valence-corrected chi connectivity index (χ1v) is 7.20. The number of fused-ring (bicyclic) bond motifs is 1. The van der Waals surface area contributed by atoms with E-state index in [9.17, 15) is 0 Å². The Morgan fingerprint density at radius 3 is 2.84 bits per heavy atom. The van der Waals surface area contributed by atoms with Crippen LogP contribution in [-0.2, 0) is 6.42 Å². The van der Waals surface area contributed by atoms with Crippen LogP contribution in [0.1, 0.15) is 18.4 Å². The highest BCUT2D eigenvalue weighted by Gasteiger charge is 2.18. The number of benzene rings is 1. The zero-order chi connectivity index (χ0) is 13.2. The second-order valence-electron chi connectivity index (χ2n) is 4.62. The molecule has 2 heterocycles. The van der Waals surface area contributed by atoms with Gasteiger partial charge in [-0.2, -0.15) is 4.98 Å². The lowest BCUT2D eigenvalue weighted by atomic mass is 10.0. The molecule has 4 nitrogen and oxygen atoms in total. The van der Waals surface area contributed by atoms with Crippen molar-refractivity contribution in [2.45, 2.75) is 19.3 Å². The Morgan fingerprint density at radius 2 is 2.00 bits per heavy atom. The van der Waals surface area contributed by atoms with Crippen LogP contribution < -0.4 is 11.1 Å². The van der Waals surface area contributed by atoms with Gasteiger partial charge in [-0.05, 0) is 25.3 Å². The minimum Gasteiger partial charge on any atom is -0.370 e. The van der Waals surface area contributed by atoms with Gasteiger partial charge < -0.3 is 11.1 Å². The van der Waals surface area contributed by atoms with Crippen LogP contribution in [0.2, 0.25) is 0 Å². The summed E-state index contributed by atoms with van der Waals surface area (Å²) in [6.45, 7) is 0.943. The molecule has 0 amide bonds. The van der Waals surface area contributed by atoms with Crippen molar-refractivity contribution in [2.24, 2.45) is 0 Å². The first kappa shape index (κ1) is 12.4. The molecular formula is C14H15BrN4. The Balaban J connectivity index is 2.21. The molecule has 0 fully saturated rings. The number of halogens is 1. The molecule has 1 aliphatic rings. The first-order chi connectivity index (χ1) is 9.25. The van der Waals surface area contributed by atoms with Gasteiger partial charge in [-0.15, -0.1) is 0 Å². The summed E-state index contributed by atoms with van der Waals surface area (Å²) in [6.07, 6.45) is 3.27. The molecule has 0 bridgehead atoms. The molecule has 0 atom stereocenters. The van der Waals surface area contributed by atoms with Gasteiger partial charge in [0.25, 0.3) is 0 Å². The van der Waals surface area contributed by atoms with Gasteiger partial charge in [-0.3, -0.25) is 0 Å². The van der Waals surface area contributed by atoms with Crippen molar-refractivity contribution in [3.8, 4) is 11.3 Å². The average Bonchev–Trinajstić information content (AvgIpc) is 2.63. The van der Waals surface area contributed by atoms with E-state index in [1.165, 1.54) is 5.56 Å². The van der Waals surface area contributed by atoms with Gasteiger partial charge in [0.15, 0.2) is 0 Å². The lowest BCUT2D eigenvalue weighted by Crippen LogP contribution is -2.07. The molecule has 1 aliphatic heterocycles. The molecule has 5 heteroatoms. The molecule has 0 unspecified atom stereocenters. The van der Waals surface area contributed by atoms with Crippen LogP contribution in [0.25, 0.3) is 11.3 Å². The number of nitrogen functional groups attached to an aromatic ring is 1. The predicted molar refractivity (Wildman–Crippen MR) is 81.0 cm³/mol. The lowest BCUT2D eigenvalue weighted by Gasteiger charge is -2.13. The van der Waals surface area contributed by atoms with Gasteiger partial charge in [-0.1, -0.05) is 34.1 Å². The Kier molecular flexibility index (Phi) is 3.38. The molecule has 0 saturated heterocycles. The minimum atomic E-state index is 0.318. The third-order valence-corrected chi connectivity index (χ3v) is 3.99. The number of anilines is 2. The van der Waals surface area contributed by atoms with Crippen LogP contribution in [0, 0.1) is 0 Å².